The minimum absolute atomic E-state index is 0.225. The van der Waals surface area contributed by atoms with E-state index in [0.29, 0.717) is 17.4 Å². The average molecular weight is 310 g/mol. The standard InChI is InChI=1S/C12H14N4O2S2/c1-8-9(20-7-15-8)3-14-10-4-13-5-11(16-10)19-6-12(17)18-2/h4-5,7H,3,6H2,1-2H3,(H,14,16). The van der Waals surface area contributed by atoms with Crippen LogP contribution in [-0.2, 0) is 16.1 Å². The van der Waals surface area contributed by atoms with E-state index in [1.54, 1.807) is 23.7 Å². The number of thioether (sulfide) groups is 1. The first-order valence-electron chi connectivity index (χ1n) is 5.83. The SMILES string of the molecule is COC(=O)CSc1cncc(NCc2scnc2C)n1. The van der Waals surface area contributed by atoms with E-state index in [-0.39, 0.29) is 11.7 Å². The number of aryl methyl sites for hydroxylation is 1. The third kappa shape index (κ3) is 4.17. The summed E-state index contributed by atoms with van der Waals surface area (Å²) in [5.74, 6) is 0.617. The molecule has 0 bridgehead atoms. The predicted molar refractivity (Wildman–Crippen MR) is 78.9 cm³/mol. The van der Waals surface area contributed by atoms with E-state index in [1.807, 2.05) is 12.4 Å². The van der Waals surface area contributed by atoms with Gasteiger partial charge in [-0.3, -0.25) is 9.78 Å². The van der Waals surface area contributed by atoms with Crippen LogP contribution in [0.5, 0.6) is 0 Å². The Morgan fingerprint density at radius 1 is 1.50 bits per heavy atom. The molecule has 0 amide bonds. The van der Waals surface area contributed by atoms with Crippen LogP contribution < -0.4 is 5.32 Å². The van der Waals surface area contributed by atoms with Gasteiger partial charge < -0.3 is 10.1 Å². The Labute approximate surface area is 125 Å². The Bertz CT molecular complexity index is 588. The topological polar surface area (TPSA) is 77.0 Å². The first kappa shape index (κ1) is 14.7. The number of nitrogens with zero attached hydrogens (tertiary/aromatic N) is 3. The minimum atomic E-state index is -0.282. The van der Waals surface area contributed by atoms with Crippen LogP contribution in [0.4, 0.5) is 5.82 Å². The number of aromatic nitrogens is 3. The minimum Gasteiger partial charge on any atom is -0.468 e. The van der Waals surface area contributed by atoms with E-state index in [0.717, 1.165) is 5.69 Å². The number of thiazole rings is 1. The molecule has 0 atom stereocenters. The van der Waals surface area contributed by atoms with Crippen molar-refractivity contribution in [3.8, 4) is 0 Å². The highest BCUT2D eigenvalue weighted by atomic mass is 32.2. The molecule has 0 aromatic carbocycles. The van der Waals surface area contributed by atoms with Gasteiger partial charge in [-0.25, -0.2) is 9.97 Å². The van der Waals surface area contributed by atoms with Crippen molar-refractivity contribution >= 4 is 34.9 Å². The lowest BCUT2D eigenvalue weighted by atomic mass is 10.4. The predicted octanol–water partition coefficient (Wildman–Crippen LogP) is 2.12. The molecule has 0 aliphatic carbocycles. The second kappa shape index (κ2) is 7.20. The van der Waals surface area contributed by atoms with E-state index in [9.17, 15) is 4.79 Å². The first-order chi connectivity index (χ1) is 9.69. The monoisotopic (exact) mass is 310 g/mol. The molecule has 2 rings (SSSR count). The number of hydrogen-bond acceptors (Lipinski definition) is 8. The molecule has 2 heterocycles. The van der Waals surface area contributed by atoms with Crippen molar-refractivity contribution in [1.29, 1.82) is 0 Å². The summed E-state index contributed by atoms with van der Waals surface area (Å²) in [6.07, 6.45) is 3.27. The van der Waals surface area contributed by atoms with Crippen LogP contribution in [0.3, 0.4) is 0 Å². The fourth-order valence-corrected chi connectivity index (χ4v) is 2.76. The van der Waals surface area contributed by atoms with Crippen LogP contribution in [0.1, 0.15) is 10.6 Å². The van der Waals surface area contributed by atoms with Gasteiger partial charge in [0.25, 0.3) is 0 Å². The Kier molecular flexibility index (Phi) is 5.31. The van der Waals surface area contributed by atoms with E-state index < -0.39 is 0 Å². The van der Waals surface area contributed by atoms with Gasteiger partial charge in [0, 0.05) is 4.88 Å². The van der Waals surface area contributed by atoms with Crippen LogP contribution in [0.15, 0.2) is 22.9 Å². The van der Waals surface area contributed by atoms with Crippen LogP contribution >= 0.6 is 23.1 Å². The quantitative estimate of drug-likeness (QED) is 0.647. The first-order valence-corrected chi connectivity index (χ1v) is 7.70. The van der Waals surface area contributed by atoms with Crippen molar-refractivity contribution in [2.75, 3.05) is 18.2 Å². The summed E-state index contributed by atoms with van der Waals surface area (Å²) in [5.41, 5.74) is 2.84. The number of carbonyl (C=O) groups excluding carboxylic acids is 1. The maximum absolute atomic E-state index is 11.1. The van der Waals surface area contributed by atoms with Gasteiger partial charge in [0.1, 0.15) is 10.8 Å². The van der Waals surface area contributed by atoms with Crippen LogP contribution in [0, 0.1) is 6.92 Å². The van der Waals surface area contributed by atoms with E-state index >= 15 is 0 Å². The molecule has 8 heteroatoms. The average Bonchev–Trinajstić information content (AvgIpc) is 2.88. The second-order valence-electron chi connectivity index (χ2n) is 3.82. The number of methoxy groups -OCH3 is 1. The number of rotatable bonds is 6. The Morgan fingerprint density at radius 2 is 2.35 bits per heavy atom. The zero-order valence-electron chi connectivity index (χ0n) is 11.1. The van der Waals surface area contributed by atoms with Crippen molar-refractivity contribution in [2.24, 2.45) is 0 Å². The Balaban J connectivity index is 1.92. The molecule has 6 nitrogen and oxygen atoms in total. The smallest absolute Gasteiger partial charge is 0.316 e. The summed E-state index contributed by atoms with van der Waals surface area (Å²) in [6, 6.07) is 0. The zero-order valence-corrected chi connectivity index (χ0v) is 12.8. The number of anilines is 1. The maximum atomic E-state index is 11.1. The van der Waals surface area contributed by atoms with E-state index in [1.165, 1.54) is 23.7 Å². The third-order valence-corrected chi connectivity index (χ3v) is 4.26. The van der Waals surface area contributed by atoms with Gasteiger partial charge in [0.2, 0.25) is 0 Å². The summed E-state index contributed by atoms with van der Waals surface area (Å²) < 4.78 is 4.58. The number of carbonyl (C=O) groups is 1. The van der Waals surface area contributed by atoms with Gasteiger partial charge in [-0.1, -0.05) is 11.8 Å². The van der Waals surface area contributed by atoms with Gasteiger partial charge in [0.05, 0.1) is 43.0 Å². The van der Waals surface area contributed by atoms with Crippen molar-refractivity contribution in [3.63, 3.8) is 0 Å². The normalized spacial score (nSPS) is 10.3. The number of ether oxygens (including phenoxy) is 1. The van der Waals surface area contributed by atoms with Crippen molar-refractivity contribution in [2.45, 2.75) is 18.5 Å². The molecule has 0 fully saturated rings. The fourth-order valence-electron chi connectivity index (χ4n) is 1.36. The van der Waals surface area contributed by atoms with Crippen LogP contribution in [0.25, 0.3) is 0 Å². The number of hydrogen-bond donors (Lipinski definition) is 1. The summed E-state index contributed by atoms with van der Waals surface area (Å²) in [5, 5.41) is 3.88. The molecule has 2 aromatic heterocycles. The lowest BCUT2D eigenvalue weighted by Gasteiger charge is -2.05. The summed E-state index contributed by atoms with van der Waals surface area (Å²) in [7, 11) is 1.37. The molecule has 20 heavy (non-hydrogen) atoms. The highest BCUT2D eigenvalue weighted by molar-refractivity contribution is 7.99. The van der Waals surface area contributed by atoms with Gasteiger partial charge in [0.15, 0.2) is 0 Å². The largest absolute Gasteiger partial charge is 0.468 e. The Morgan fingerprint density at radius 3 is 3.05 bits per heavy atom. The van der Waals surface area contributed by atoms with Gasteiger partial charge in [-0.2, -0.15) is 0 Å². The van der Waals surface area contributed by atoms with E-state index in [4.69, 9.17) is 0 Å². The molecule has 0 aliphatic heterocycles. The van der Waals surface area contributed by atoms with Gasteiger partial charge in [-0.05, 0) is 6.92 Å². The fraction of sp³-hybridized carbons (Fsp3) is 0.333. The maximum Gasteiger partial charge on any atom is 0.316 e. The van der Waals surface area contributed by atoms with Crippen LogP contribution in [-0.4, -0.2) is 33.8 Å². The van der Waals surface area contributed by atoms with Crippen molar-refractivity contribution in [3.05, 3.63) is 28.5 Å². The molecule has 0 aliphatic rings. The van der Waals surface area contributed by atoms with Crippen molar-refractivity contribution in [1.82, 2.24) is 15.0 Å². The summed E-state index contributed by atoms with van der Waals surface area (Å²) in [6.45, 7) is 2.64. The second-order valence-corrected chi connectivity index (χ2v) is 5.76. The highest BCUT2D eigenvalue weighted by Crippen LogP contribution is 2.18. The molecule has 0 saturated carbocycles. The zero-order chi connectivity index (χ0) is 14.4. The molecule has 0 unspecified atom stereocenters. The van der Waals surface area contributed by atoms with Gasteiger partial charge in [-0.15, -0.1) is 11.3 Å². The number of nitrogens with one attached hydrogen (secondary N) is 1. The molecule has 1 N–H and O–H groups in total. The molecule has 2 aromatic rings. The van der Waals surface area contributed by atoms with Gasteiger partial charge >= 0.3 is 5.97 Å². The number of esters is 1. The lowest BCUT2D eigenvalue weighted by molar-refractivity contribution is -0.137. The lowest BCUT2D eigenvalue weighted by Crippen LogP contribution is -2.05. The van der Waals surface area contributed by atoms with Crippen molar-refractivity contribution < 1.29 is 9.53 Å². The third-order valence-electron chi connectivity index (χ3n) is 2.45. The Hall–Kier alpha value is -1.67. The molecule has 0 radical (unpaired) electrons. The summed E-state index contributed by atoms with van der Waals surface area (Å²) in [4.78, 5) is 24.9. The molecular formula is C12H14N4O2S2. The molecule has 0 spiro atoms. The highest BCUT2D eigenvalue weighted by Gasteiger charge is 2.06. The summed E-state index contributed by atoms with van der Waals surface area (Å²) >= 11 is 2.90. The molecular weight excluding hydrogens is 296 g/mol. The van der Waals surface area contributed by atoms with E-state index in [2.05, 4.69) is 25.0 Å². The molecule has 0 saturated heterocycles. The molecule has 106 valence electrons. The van der Waals surface area contributed by atoms with Crippen LogP contribution in [0.2, 0.25) is 0 Å².